The number of hydrogen-bond donors (Lipinski definition) is 1. The summed E-state index contributed by atoms with van der Waals surface area (Å²) < 4.78 is 13.5. The van der Waals surface area contributed by atoms with Crippen molar-refractivity contribution in [1.29, 1.82) is 0 Å². The van der Waals surface area contributed by atoms with Gasteiger partial charge in [0.2, 0.25) is 5.91 Å². The van der Waals surface area contributed by atoms with Gasteiger partial charge in [0.1, 0.15) is 5.82 Å². The minimum atomic E-state index is -1.18. The Morgan fingerprint density at radius 3 is 2.52 bits per heavy atom. The normalized spacial score (nSPS) is 29.6. The molecule has 3 rings (SSSR count). The van der Waals surface area contributed by atoms with Crippen LogP contribution in [0, 0.1) is 29.5 Å². The molecule has 0 unspecified atom stereocenters. The summed E-state index contributed by atoms with van der Waals surface area (Å²) in [6, 6.07) is 6.18. The highest BCUT2D eigenvalue weighted by atomic mass is 19.1. The summed E-state index contributed by atoms with van der Waals surface area (Å²) >= 11 is 0. The molecular formula is C16H15FNO3-. The van der Waals surface area contributed by atoms with Gasteiger partial charge in [-0.1, -0.05) is 30.4 Å². The van der Waals surface area contributed by atoms with Crippen molar-refractivity contribution < 1.29 is 19.1 Å². The van der Waals surface area contributed by atoms with E-state index in [-0.39, 0.29) is 30.1 Å². The van der Waals surface area contributed by atoms with Crippen LogP contribution in [0.4, 0.5) is 4.39 Å². The van der Waals surface area contributed by atoms with E-state index in [2.05, 4.69) is 5.32 Å². The molecular weight excluding hydrogens is 273 g/mol. The van der Waals surface area contributed by atoms with Crippen molar-refractivity contribution in [3.63, 3.8) is 0 Å². The van der Waals surface area contributed by atoms with Gasteiger partial charge in [0, 0.05) is 24.0 Å². The van der Waals surface area contributed by atoms with Gasteiger partial charge in [-0.2, -0.15) is 0 Å². The number of fused-ring (bicyclic) bond motifs is 2. The van der Waals surface area contributed by atoms with E-state index in [1.165, 1.54) is 6.07 Å². The molecule has 0 heterocycles. The van der Waals surface area contributed by atoms with Crippen LogP contribution in [-0.4, -0.2) is 11.9 Å². The minimum absolute atomic E-state index is 0.0569. The van der Waals surface area contributed by atoms with Crippen LogP contribution >= 0.6 is 0 Å². The van der Waals surface area contributed by atoms with Gasteiger partial charge >= 0.3 is 0 Å². The smallest absolute Gasteiger partial charge is 0.224 e. The Balaban J connectivity index is 1.69. The number of allylic oxidation sites excluding steroid dienone is 2. The summed E-state index contributed by atoms with van der Waals surface area (Å²) in [5.74, 6) is -3.48. The maximum Gasteiger partial charge on any atom is 0.224 e. The van der Waals surface area contributed by atoms with Gasteiger partial charge in [-0.3, -0.25) is 4.79 Å². The number of carboxylic acids is 1. The molecule has 1 fully saturated rings. The summed E-state index contributed by atoms with van der Waals surface area (Å²) in [4.78, 5) is 23.5. The molecule has 2 aliphatic rings. The number of hydrogen-bond acceptors (Lipinski definition) is 3. The van der Waals surface area contributed by atoms with Gasteiger partial charge in [-0.15, -0.1) is 0 Å². The predicted octanol–water partition coefficient (Wildman–Crippen LogP) is 0.630. The number of benzene rings is 1. The lowest BCUT2D eigenvalue weighted by atomic mass is 9.82. The second-order valence-corrected chi connectivity index (χ2v) is 5.63. The Morgan fingerprint density at radius 2 is 1.86 bits per heavy atom. The average molecular weight is 288 g/mol. The van der Waals surface area contributed by atoms with E-state index >= 15 is 0 Å². The van der Waals surface area contributed by atoms with Crippen molar-refractivity contribution in [3.05, 3.63) is 47.8 Å². The average Bonchev–Trinajstić information content (AvgIpc) is 3.06. The number of halogens is 1. The Kier molecular flexibility index (Phi) is 3.49. The fourth-order valence-electron chi connectivity index (χ4n) is 3.44. The van der Waals surface area contributed by atoms with Crippen LogP contribution in [0.3, 0.4) is 0 Å². The van der Waals surface area contributed by atoms with Crippen molar-refractivity contribution >= 4 is 11.9 Å². The Labute approximate surface area is 121 Å². The first-order chi connectivity index (χ1) is 10.1. The molecule has 21 heavy (non-hydrogen) atoms. The van der Waals surface area contributed by atoms with Crippen molar-refractivity contribution in [2.45, 2.75) is 13.0 Å². The second kappa shape index (κ2) is 5.31. The molecule has 1 saturated carbocycles. The summed E-state index contributed by atoms with van der Waals surface area (Å²) in [6.45, 7) is 0.0584. The summed E-state index contributed by atoms with van der Waals surface area (Å²) in [6.07, 6.45) is 4.43. The molecule has 1 amide bonds. The van der Waals surface area contributed by atoms with Gasteiger partial charge in [0.05, 0.1) is 5.92 Å². The SMILES string of the molecule is O=C([O-])[C@@H]1[C@@H](C(=O)NCc2ccccc2F)[C@H]2C=C[C@H]1C2. The van der Waals surface area contributed by atoms with Gasteiger partial charge in [0.25, 0.3) is 0 Å². The van der Waals surface area contributed by atoms with Crippen molar-refractivity contribution in [2.75, 3.05) is 0 Å². The quantitative estimate of drug-likeness (QED) is 0.826. The molecule has 110 valence electrons. The van der Waals surface area contributed by atoms with E-state index in [9.17, 15) is 19.1 Å². The molecule has 4 nitrogen and oxygen atoms in total. The first-order valence-corrected chi connectivity index (χ1v) is 6.98. The van der Waals surface area contributed by atoms with Crippen LogP contribution in [0.5, 0.6) is 0 Å². The number of carboxylic acid groups (broad SMARTS) is 1. The Hall–Kier alpha value is -2.17. The van der Waals surface area contributed by atoms with Crippen molar-refractivity contribution in [1.82, 2.24) is 5.32 Å². The zero-order chi connectivity index (χ0) is 15.0. The van der Waals surface area contributed by atoms with E-state index in [1.54, 1.807) is 18.2 Å². The topological polar surface area (TPSA) is 69.2 Å². The number of aliphatic carboxylic acids is 1. The molecule has 0 radical (unpaired) electrons. The number of carbonyl (C=O) groups excluding carboxylic acids is 2. The van der Waals surface area contributed by atoms with Crippen LogP contribution in [0.25, 0.3) is 0 Å². The minimum Gasteiger partial charge on any atom is -0.550 e. The highest BCUT2D eigenvalue weighted by Gasteiger charge is 2.48. The Morgan fingerprint density at radius 1 is 1.19 bits per heavy atom. The second-order valence-electron chi connectivity index (χ2n) is 5.63. The fraction of sp³-hybridized carbons (Fsp3) is 0.375. The van der Waals surface area contributed by atoms with E-state index in [1.807, 2.05) is 12.2 Å². The first-order valence-electron chi connectivity index (χ1n) is 6.98. The van der Waals surface area contributed by atoms with Gasteiger partial charge in [0.15, 0.2) is 0 Å². The van der Waals surface area contributed by atoms with Crippen LogP contribution in [0.2, 0.25) is 0 Å². The molecule has 5 heteroatoms. The zero-order valence-electron chi connectivity index (χ0n) is 11.3. The van der Waals surface area contributed by atoms with Crippen LogP contribution in [0.15, 0.2) is 36.4 Å². The molecule has 0 saturated heterocycles. The summed E-state index contributed by atoms with van der Waals surface area (Å²) in [7, 11) is 0. The molecule has 1 N–H and O–H groups in total. The van der Waals surface area contributed by atoms with Crippen LogP contribution in [-0.2, 0) is 16.1 Å². The molecule has 2 bridgehead atoms. The van der Waals surface area contributed by atoms with Gasteiger partial charge in [-0.25, -0.2) is 4.39 Å². The molecule has 0 spiro atoms. The lowest BCUT2D eigenvalue weighted by molar-refractivity contribution is -0.313. The number of carbonyl (C=O) groups is 2. The number of nitrogens with one attached hydrogen (secondary N) is 1. The maximum absolute atomic E-state index is 13.5. The summed E-state index contributed by atoms with van der Waals surface area (Å²) in [5, 5.41) is 13.9. The Bertz CT molecular complexity index is 613. The lowest BCUT2D eigenvalue weighted by Gasteiger charge is -2.27. The van der Waals surface area contributed by atoms with E-state index in [0.29, 0.717) is 12.0 Å². The third kappa shape index (κ3) is 2.44. The number of rotatable bonds is 4. The molecule has 0 aliphatic heterocycles. The molecule has 4 atom stereocenters. The van der Waals surface area contributed by atoms with Crippen molar-refractivity contribution in [2.24, 2.45) is 23.7 Å². The molecule has 0 aromatic heterocycles. The van der Waals surface area contributed by atoms with Crippen molar-refractivity contribution in [3.8, 4) is 0 Å². The lowest BCUT2D eigenvalue weighted by Crippen LogP contribution is -2.44. The first kappa shape index (κ1) is 13.8. The summed E-state index contributed by atoms with van der Waals surface area (Å²) in [5.41, 5.74) is 0.384. The third-order valence-electron chi connectivity index (χ3n) is 4.45. The highest BCUT2D eigenvalue weighted by molar-refractivity contribution is 5.86. The van der Waals surface area contributed by atoms with Crippen LogP contribution in [0.1, 0.15) is 12.0 Å². The monoisotopic (exact) mass is 288 g/mol. The van der Waals surface area contributed by atoms with Gasteiger partial charge < -0.3 is 15.2 Å². The largest absolute Gasteiger partial charge is 0.550 e. The van der Waals surface area contributed by atoms with Crippen LogP contribution < -0.4 is 10.4 Å². The molecule has 1 aromatic rings. The predicted molar refractivity (Wildman–Crippen MR) is 71.0 cm³/mol. The molecule has 2 aliphatic carbocycles. The van der Waals surface area contributed by atoms with E-state index in [0.717, 1.165) is 0 Å². The highest BCUT2D eigenvalue weighted by Crippen LogP contribution is 2.47. The zero-order valence-corrected chi connectivity index (χ0v) is 11.3. The fourth-order valence-corrected chi connectivity index (χ4v) is 3.44. The van der Waals surface area contributed by atoms with E-state index < -0.39 is 17.8 Å². The maximum atomic E-state index is 13.5. The van der Waals surface area contributed by atoms with E-state index in [4.69, 9.17) is 0 Å². The standard InChI is InChI=1S/C16H16FNO3/c17-12-4-2-1-3-11(12)8-18-15(19)13-9-5-6-10(7-9)14(13)16(20)21/h1-6,9-10,13-14H,7-8H2,(H,18,19)(H,20,21)/p-1/t9-,10-,13-,14-/m0/s1. The third-order valence-corrected chi connectivity index (χ3v) is 4.45. The van der Waals surface area contributed by atoms with Gasteiger partial charge in [-0.05, 0) is 24.3 Å². The number of amides is 1. The molecule has 1 aromatic carbocycles.